The Morgan fingerprint density at radius 1 is 1.69 bits per heavy atom. The van der Waals surface area contributed by atoms with E-state index < -0.39 is 5.97 Å². The molecule has 1 unspecified atom stereocenters. The molecule has 0 fully saturated rings. The molecule has 1 atom stereocenters. The van der Waals surface area contributed by atoms with Gasteiger partial charge in [-0.1, -0.05) is 0 Å². The van der Waals surface area contributed by atoms with Gasteiger partial charge in [0.2, 0.25) is 0 Å². The third-order valence-electron chi connectivity index (χ3n) is 1.80. The fraction of sp³-hybridized carbons (Fsp3) is 0.333. The summed E-state index contributed by atoms with van der Waals surface area (Å²) in [6.07, 6.45) is -0.273. The van der Waals surface area contributed by atoms with Gasteiger partial charge >= 0.3 is 5.97 Å². The van der Waals surface area contributed by atoms with Crippen molar-refractivity contribution in [2.45, 2.75) is 13.1 Å². The SMILES string of the molecule is CC1N=Nc2c(N)c(C(=O)O)nn21. The van der Waals surface area contributed by atoms with E-state index in [-0.39, 0.29) is 17.5 Å². The Bertz CT molecular complexity index is 407. The van der Waals surface area contributed by atoms with Crippen LogP contribution >= 0.6 is 0 Å². The van der Waals surface area contributed by atoms with E-state index in [1.165, 1.54) is 4.68 Å². The van der Waals surface area contributed by atoms with E-state index in [4.69, 9.17) is 10.8 Å². The minimum absolute atomic E-state index is 0.0700. The van der Waals surface area contributed by atoms with Crippen molar-refractivity contribution in [1.82, 2.24) is 9.78 Å². The lowest BCUT2D eigenvalue weighted by Crippen LogP contribution is -2.04. The summed E-state index contributed by atoms with van der Waals surface area (Å²) >= 11 is 0. The van der Waals surface area contributed by atoms with Crippen LogP contribution in [0, 0.1) is 0 Å². The highest BCUT2D eigenvalue weighted by atomic mass is 16.4. The van der Waals surface area contributed by atoms with Crippen molar-refractivity contribution in [2.75, 3.05) is 5.73 Å². The number of azo groups is 1. The second-order valence-electron chi connectivity index (χ2n) is 2.68. The molecule has 0 radical (unpaired) electrons. The summed E-state index contributed by atoms with van der Waals surface area (Å²) in [5, 5.41) is 20.0. The summed E-state index contributed by atoms with van der Waals surface area (Å²) in [5.74, 6) is -0.827. The first-order valence-electron chi connectivity index (χ1n) is 3.63. The van der Waals surface area contributed by atoms with E-state index in [9.17, 15) is 4.79 Å². The Balaban J connectivity index is 2.61. The van der Waals surface area contributed by atoms with Crippen LogP contribution in [-0.2, 0) is 0 Å². The molecular weight excluding hydrogens is 174 g/mol. The Morgan fingerprint density at radius 2 is 2.38 bits per heavy atom. The molecule has 3 N–H and O–H groups in total. The number of anilines is 1. The van der Waals surface area contributed by atoms with Crippen LogP contribution in [0.2, 0.25) is 0 Å². The maximum absolute atomic E-state index is 10.6. The molecule has 0 saturated carbocycles. The molecule has 0 saturated heterocycles. The van der Waals surface area contributed by atoms with Crippen LogP contribution in [0.25, 0.3) is 0 Å². The van der Waals surface area contributed by atoms with Gasteiger partial charge in [0.25, 0.3) is 0 Å². The lowest BCUT2D eigenvalue weighted by atomic mass is 10.3. The molecule has 0 aromatic carbocycles. The van der Waals surface area contributed by atoms with Crippen LogP contribution in [0.4, 0.5) is 11.5 Å². The first kappa shape index (κ1) is 7.71. The van der Waals surface area contributed by atoms with E-state index in [1.54, 1.807) is 6.92 Å². The van der Waals surface area contributed by atoms with Crippen molar-refractivity contribution < 1.29 is 9.90 Å². The highest BCUT2D eigenvalue weighted by Gasteiger charge is 2.26. The summed E-state index contributed by atoms with van der Waals surface area (Å²) < 4.78 is 1.39. The molecule has 7 nitrogen and oxygen atoms in total. The van der Waals surface area contributed by atoms with Crippen LogP contribution < -0.4 is 5.73 Å². The van der Waals surface area contributed by atoms with Gasteiger partial charge in [-0.05, 0) is 6.92 Å². The Morgan fingerprint density at radius 3 is 2.92 bits per heavy atom. The number of nitrogens with two attached hydrogens (primary N) is 1. The molecule has 2 heterocycles. The fourth-order valence-electron chi connectivity index (χ4n) is 1.14. The van der Waals surface area contributed by atoms with Crippen molar-refractivity contribution in [2.24, 2.45) is 10.2 Å². The third-order valence-corrected chi connectivity index (χ3v) is 1.80. The molecule has 1 aliphatic heterocycles. The molecule has 2 rings (SSSR count). The maximum Gasteiger partial charge on any atom is 0.358 e. The first-order valence-corrected chi connectivity index (χ1v) is 3.63. The number of nitrogens with zero attached hydrogens (tertiary/aromatic N) is 4. The molecule has 1 aliphatic rings. The highest BCUT2D eigenvalue weighted by Crippen LogP contribution is 2.34. The van der Waals surface area contributed by atoms with Gasteiger partial charge in [-0.3, -0.25) is 0 Å². The number of aromatic nitrogens is 2. The number of fused-ring (bicyclic) bond motifs is 1. The predicted octanol–water partition coefficient (Wildman–Crippen LogP) is 0.779. The van der Waals surface area contributed by atoms with Crippen LogP contribution in [-0.4, -0.2) is 20.9 Å². The summed E-state index contributed by atoms with van der Waals surface area (Å²) in [6.45, 7) is 1.75. The summed E-state index contributed by atoms with van der Waals surface area (Å²) in [5.41, 5.74) is 5.40. The monoisotopic (exact) mass is 181 g/mol. The van der Waals surface area contributed by atoms with Crippen LogP contribution in [0.3, 0.4) is 0 Å². The van der Waals surface area contributed by atoms with E-state index in [2.05, 4.69) is 15.3 Å². The minimum atomic E-state index is -1.15. The average molecular weight is 181 g/mol. The van der Waals surface area contributed by atoms with Crippen molar-refractivity contribution in [3.05, 3.63) is 5.69 Å². The van der Waals surface area contributed by atoms with E-state index >= 15 is 0 Å². The van der Waals surface area contributed by atoms with Gasteiger partial charge in [-0.25, -0.2) is 9.48 Å². The van der Waals surface area contributed by atoms with Gasteiger partial charge < -0.3 is 10.8 Å². The second-order valence-corrected chi connectivity index (χ2v) is 2.68. The second kappa shape index (κ2) is 2.28. The number of nitrogen functional groups attached to an aromatic ring is 1. The van der Waals surface area contributed by atoms with Crippen molar-refractivity contribution >= 4 is 17.5 Å². The Kier molecular flexibility index (Phi) is 1.35. The van der Waals surface area contributed by atoms with Crippen LogP contribution in [0.15, 0.2) is 10.2 Å². The predicted molar refractivity (Wildman–Crippen MR) is 42.8 cm³/mol. The van der Waals surface area contributed by atoms with Crippen molar-refractivity contribution in [1.29, 1.82) is 0 Å². The zero-order chi connectivity index (χ0) is 9.59. The molecule has 0 aliphatic carbocycles. The van der Waals surface area contributed by atoms with Gasteiger partial charge in [-0.2, -0.15) is 10.2 Å². The fourth-order valence-corrected chi connectivity index (χ4v) is 1.14. The molecular formula is C6H7N5O2. The molecule has 7 heteroatoms. The van der Waals surface area contributed by atoms with Crippen LogP contribution in [0.1, 0.15) is 23.6 Å². The lowest BCUT2D eigenvalue weighted by Gasteiger charge is -1.97. The normalized spacial score (nSPS) is 19.0. The van der Waals surface area contributed by atoms with Gasteiger partial charge in [0.1, 0.15) is 5.69 Å². The molecule has 1 aromatic rings. The number of hydrogen-bond acceptors (Lipinski definition) is 5. The Hall–Kier alpha value is -1.92. The zero-order valence-electron chi connectivity index (χ0n) is 6.80. The molecule has 0 bridgehead atoms. The largest absolute Gasteiger partial charge is 0.476 e. The smallest absolute Gasteiger partial charge is 0.358 e. The van der Waals surface area contributed by atoms with E-state index in [1.807, 2.05) is 0 Å². The van der Waals surface area contributed by atoms with Crippen LogP contribution in [0.5, 0.6) is 0 Å². The quantitative estimate of drug-likeness (QED) is 0.667. The summed E-state index contributed by atoms with van der Waals surface area (Å²) in [6, 6.07) is 0. The summed E-state index contributed by atoms with van der Waals surface area (Å²) in [4.78, 5) is 10.6. The van der Waals surface area contributed by atoms with Gasteiger partial charge in [0.15, 0.2) is 17.7 Å². The maximum atomic E-state index is 10.6. The number of hydrogen-bond donors (Lipinski definition) is 2. The zero-order valence-corrected chi connectivity index (χ0v) is 6.80. The van der Waals surface area contributed by atoms with Gasteiger partial charge in [-0.15, -0.1) is 5.11 Å². The van der Waals surface area contributed by atoms with E-state index in [0.717, 1.165) is 0 Å². The standard InChI is InChI=1S/C6H7N5O2/c1-2-8-9-5-3(7)4(6(12)13)10-11(2)5/h2H,7H2,1H3,(H,12,13). The van der Waals surface area contributed by atoms with Gasteiger partial charge in [0, 0.05) is 0 Å². The topological polar surface area (TPSA) is 106 Å². The van der Waals surface area contributed by atoms with Crippen molar-refractivity contribution in [3.8, 4) is 0 Å². The number of carboxylic acid groups (broad SMARTS) is 1. The summed E-state index contributed by atoms with van der Waals surface area (Å²) in [7, 11) is 0. The molecule has 0 amide bonds. The first-order chi connectivity index (χ1) is 6.11. The Labute approximate surface area is 72.9 Å². The number of rotatable bonds is 1. The molecule has 0 spiro atoms. The van der Waals surface area contributed by atoms with E-state index in [0.29, 0.717) is 5.82 Å². The van der Waals surface area contributed by atoms with Crippen molar-refractivity contribution in [3.63, 3.8) is 0 Å². The molecule has 13 heavy (non-hydrogen) atoms. The number of carboxylic acids is 1. The third kappa shape index (κ3) is 0.897. The number of aromatic carboxylic acids is 1. The average Bonchev–Trinajstić information content (AvgIpc) is 2.55. The minimum Gasteiger partial charge on any atom is -0.476 e. The van der Waals surface area contributed by atoms with Gasteiger partial charge in [0.05, 0.1) is 0 Å². The molecule has 1 aromatic heterocycles. The molecule has 68 valence electrons. The lowest BCUT2D eigenvalue weighted by molar-refractivity contribution is 0.0690. The highest BCUT2D eigenvalue weighted by molar-refractivity contribution is 5.94. The number of carbonyl (C=O) groups is 1.